The smallest absolute Gasteiger partial charge is 0.230 e. The Bertz CT molecular complexity index is 589. The summed E-state index contributed by atoms with van der Waals surface area (Å²) in [7, 11) is -3.13. The van der Waals surface area contributed by atoms with E-state index in [-0.39, 0.29) is 23.2 Å². The van der Waals surface area contributed by atoms with Crippen LogP contribution in [0.4, 0.5) is 0 Å². The number of carbonyl (C=O) groups is 1. The number of halogens is 2. The van der Waals surface area contributed by atoms with Gasteiger partial charge in [0.1, 0.15) is 0 Å². The van der Waals surface area contributed by atoms with E-state index in [0.29, 0.717) is 5.02 Å². The fourth-order valence-electron chi connectivity index (χ4n) is 1.87. The van der Waals surface area contributed by atoms with Crippen LogP contribution in [0.25, 0.3) is 0 Å². The molecule has 1 fully saturated rings. The molecule has 0 aromatic heterocycles. The van der Waals surface area contributed by atoms with E-state index < -0.39 is 21.3 Å². The molecule has 110 valence electrons. The lowest BCUT2D eigenvalue weighted by atomic mass is 10.2. The van der Waals surface area contributed by atoms with Crippen molar-refractivity contribution in [2.24, 2.45) is 0 Å². The Labute approximate surface area is 132 Å². The molecule has 1 aromatic rings. The molecule has 1 aromatic carbocycles. The Hall–Kier alpha value is -0.430. The molecule has 2 atom stereocenters. The summed E-state index contributed by atoms with van der Waals surface area (Å²) in [6.07, 6.45) is 0. The number of carbonyl (C=O) groups excluding carboxylic acids is 1. The van der Waals surface area contributed by atoms with Crippen molar-refractivity contribution in [1.29, 1.82) is 0 Å². The average molecular weight is 354 g/mol. The van der Waals surface area contributed by atoms with Crippen LogP contribution in [0.15, 0.2) is 29.2 Å². The molecular weight excluding hydrogens is 341 g/mol. The average Bonchev–Trinajstić information content (AvgIpc) is 2.61. The number of amides is 1. The fraction of sp³-hybridized carbons (Fsp3) is 0.417. The Balaban J connectivity index is 1.83. The van der Waals surface area contributed by atoms with Crippen molar-refractivity contribution < 1.29 is 13.2 Å². The van der Waals surface area contributed by atoms with Crippen LogP contribution < -0.4 is 5.32 Å². The van der Waals surface area contributed by atoms with Crippen LogP contribution in [-0.4, -0.2) is 43.0 Å². The van der Waals surface area contributed by atoms with Gasteiger partial charge in [-0.1, -0.05) is 11.6 Å². The standard InChI is InChI=1S/C12H13Cl2NO3S2/c13-8-1-3-9(4-2-8)19-5-12(16)15-11-7-20(17,18)6-10(11)14/h1-4,10-11H,5-7H2,(H,15,16)/t10-,11-/m1/s1. The van der Waals surface area contributed by atoms with E-state index in [4.69, 9.17) is 23.2 Å². The summed E-state index contributed by atoms with van der Waals surface area (Å²) in [4.78, 5) is 12.7. The van der Waals surface area contributed by atoms with Crippen LogP contribution in [0.2, 0.25) is 5.02 Å². The molecular formula is C12H13Cl2NO3S2. The van der Waals surface area contributed by atoms with Gasteiger partial charge >= 0.3 is 0 Å². The minimum Gasteiger partial charge on any atom is -0.350 e. The number of benzene rings is 1. The normalized spacial score (nSPS) is 24.5. The lowest BCUT2D eigenvalue weighted by Gasteiger charge is -2.14. The van der Waals surface area contributed by atoms with Crippen LogP contribution in [0, 0.1) is 0 Å². The summed E-state index contributed by atoms with van der Waals surface area (Å²) in [5.74, 6) is -0.179. The molecule has 0 bridgehead atoms. The van der Waals surface area contributed by atoms with Gasteiger partial charge in [-0.05, 0) is 24.3 Å². The van der Waals surface area contributed by atoms with Crippen molar-refractivity contribution >= 4 is 50.7 Å². The quantitative estimate of drug-likeness (QED) is 0.663. The molecule has 0 aliphatic carbocycles. The van der Waals surface area contributed by atoms with Crippen LogP contribution in [0.5, 0.6) is 0 Å². The van der Waals surface area contributed by atoms with Crippen LogP contribution >= 0.6 is 35.0 Å². The summed E-state index contributed by atoms with van der Waals surface area (Å²) in [5, 5.41) is 2.76. The van der Waals surface area contributed by atoms with Crippen LogP contribution in [0.3, 0.4) is 0 Å². The molecule has 1 saturated heterocycles. The number of hydrogen-bond acceptors (Lipinski definition) is 4. The molecule has 8 heteroatoms. The van der Waals surface area contributed by atoms with Crippen molar-refractivity contribution in [3.05, 3.63) is 29.3 Å². The van der Waals surface area contributed by atoms with Gasteiger partial charge in [-0.15, -0.1) is 23.4 Å². The molecule has 1 amide bonds. The minimum atomic E-state index is -3.13. The Morgan fingerprint density at radius 2 is 1.95 bits per heavy atom. The first-order valence-corrected chi connectivity index (χ1v) is 9.50. The predicted octanol–water partition coefficient (Wildman–Crippen LogP) is 1.95. The third-order valence-electron chi connectivity index (χ3n) is 2.81. The van der Waals surface area contributed by atoms with Gasteiger partial charge in [0.05, 0.1) is 28.7 Å². The van der Waals surface area contributed by atoms with E-state index in [1.165, 1.54) is 11.8 Å². The minimum absolute atomic E-state index is 0.0795. The highest BCUT2D eigenvalue weighted by Crippen LogP contribution is 2.21. The predicted molar refractivity (Wildman–Crippen MR) is 82.4 cm³/mol. The number of hydrogen-bond donors (Lipinski definition) is 1. The number of alkyl halides is 1. The number of sulfone groups is 1. The van der Waals surface area contributed by atoms with Crippen molar-refractivity contribution in [2.45, 2.75) is 16.3 Å². The highest BCUT2D eigenvalue weighted by atomic mass is 35.5. The van der Waals surface area contributed by atoms with Crippen LogP contribution in [0.1, 0.15) is 0 Å². The van der Waals surface area contributed by atoms with E-state index in [1.54, 1.807) is 12.1 Å². The Morgan fingerprint density at radius 1 is 1.30 bits per heavy atom. The summed E-state index contributed by atoms with van der Waals surface area (Å²) in [5.41, 5.74) is 0. The molecule has 1 heterocycles. The summed E-state index contributed by atoms with van der Waals surface area (Å²) >= 11 is 13.1. The van der Waals surface area contributed by atoms with Crippen molar-refractivity contribution in [2.75, 3.05) is 17.3 Å². The van der Waals surface area contributed by atoms with Gasteiger partial charge in [0.15, 0.2) is 9.84 Å². The monoisotopic (exact) mass is 353 g/mol. The van der Waals surface area contributed by atoms with E-state index in [2.05, 4.69) is 5.32 Å². The van der Waals surface area contributed by atoms with Gasteiger partial charge in [-0.2, -0.15) is 0 Å². The maximum absolute atomic E-state index is 11.8. The van der Waals surface area contributed by atoms with Gasteiger partial charge in [-0.3, -0.25) is 4.79 Å². The van der Waals surface area contributed by atoms with Gasteiger partial charge in [-0.25, -0.2) is 8.42 Å². The highest BCUT2D eigenvalue weighted by molar-refractivity contribution is 8.00. The molecule has 0 spiro atoms. The second-order valence-electron chi connectivity index (χ2n) is 4.51. The zero-order chi connectivity index (χ0) is 14.8. The molecule has 0 saturated carbocycles. The number of nitrogens with one attached hydrogen (secondary N) is 1. The number of thioether (sulfide) groups is 1. The third-order valence-corrected chi connectivity index (χ3v) is 6.45. The van der Waals surface area contributed by atoms with E-state index in [0.717, 1.165) is 4.90 Å². The second kappa shape index (κ2) is 6.56. The molecule has 0 radical (unpaired) electrons. The van der Waals surface area contributed by atoms with Gasteiger partial charge < -0.3 is 5.32 Å². The molecule has 2 rings (SSSR count). The van der Waals surface area contributed by atoms with Gasteiger partial charge in [0, 0.05) is 9.92 Å². The zero-order valence-electron chi connectivity index (χ0n) is 10.4. The summed E-state index contributed by atoms with van der Waals surface area (Å²) in [6.45, 7) is 0. The Kier molecular flexibility index (Phi) is 5.23. The summed E-state index contributed by atoms with van der Waals surface area (Å²) < 4.78 is 22.8. The number of rotatable bonds is 4. The topological polar surface area (TPSA) is 63.2 Å². The van der Waals surface area contributed by atoms with E-state index in [1.807, 2.05) is 12.1 Å². The highest BCUT2D eigenvalue weighted by Gasteiger charge is 2.37. The molecule has 0 unspecified atom stereocenters. The van der Waals surface area contributed by atoms with Gasteiger partial charge in [0.25, 0.3) is 0 Å². The fourth-order valence-corrected chi connectivity index (χ4v) is 5.25. The van der Waals surface area contributed by atoms with Crippen molar-refractivity contribution in [3.8, 4) is 0 Å². The molecule has 1 N–H and O–H groups in total. The Morgan fingerprint density at radius 3 is 2.50 bits per heavy atom. The molecule has 1 aliphatic heterocycles. The zero-order valence-corrected chi connectivity index (χ0v) is 13.5. The molecule has 4 nitrogen and oxygen atoms in total. The first kappa shape index (κ1) is 15.9. The lowest BCUT2D eigenvalue weighted by molar-refractivity contribution is -0.119. The van der Waals surface area contributed by atoms with Crippen molar-refractivity contribution in [1.82, 2.24) is 5.32 Å². The maximum Gasteiger partial charge on any atom is 0.230 e. The SMILES string of the molecule is O=C(CSc1ccc(Cl)cc1)N[C@@H]1CS(=O)(=O)C[C@H]1Cl. The molecule has 20 heavy (non-hydrogen) atoms. The first-order valence-electron chi connectivity index (χ1n) is 5.88. The second-order valence-corrected chi connectivity index (χ2v) is 8.71. The summed E-state index contributed by atoms with van der Waals surface area (Å²) in [6, 6.07) is 6.65. The lowest BCUT2D eigenvalue weighted by Crippen LogP contribution is -2.41. The van der Waals surface area contributed by atoms with E-state index in [9.17, 15) is 13.2 Å². The largest absolute Gasteiger partial charge is 0.350 e. The third kappa shape index (κ3) is 4.55. The van der Waals surface area contributed by atoms with Gasteiger partial charge in [0.2, 0.25) is 5.91 Å². The first-order chi connectivity index (χ1) is 9.35. The van der Waals surface area contributed by atoms with E-state index >= 15 is 0 Å². The van der Waals surface area contributed by atoms with Crippen LogP contribution in [-0.2, 0) is 14.6 Å². The maximum atomic E-state index is 11.8. The van der Waals surface area contributed by atoms with Crippen molar-refractivity contribution in [3.63, 3.8) is 0 Å². The molecule has 1 aliphatic rings.